The van der Waals surface area contributed by atoms with E-state index in [-0.39, 0.29) is 59.6 Å². The van der Waals surface area contributed by atoms with Crippen LogP contribution < -0.4 is 32.8 Å². The Balaban J connectivity index is 1.43. The molecule has 1 saturated heterocycles. The standard InChI is InChI=1S/C34H43N11O12S2/c1-5-6-7-22(35)59-42-16(2)24(41-57-34(3,4)33(54)55)29(50)40-25-30(51)45-26(32(52)53)17(14-58-31(25)45)11-43-12-18(27(36)38-15-43)39-23(48)8-9-37-28(49)19-10-20(46)21(47)13-44(19)56/h7,10,12-13,25,31,47,56H,5-6,8-9,11,14-15,35H2,1-4H3,(H2,36,38)(H,37,49)(H,39,48)(H,40,50)(H,52,53)(H,54,55)/b22-7+,41-24-,42-16?/t25-,31?/m1/s1. The third-order valence-corrected chi connectivity index (χ3v) is 10.5. The van der Waals surface area contributed by atoms with E-state index in [0.29, 0.717) is 29.3 Å². The number of aliphatic carboxylic acids is 2. The van der Waals surface area contributed by atoms with E-state index in [0.717, 1.165) is 23.3 Å². The first-order chi connectivity index (χ1) is 27.7. The predicted octanol–water partition coefficient (Wildman–Crippen LogP) is -0.817. The van der Waals surface area contributed by atoms with Crippen LogP contribution in [0, 0.1) is 0 Å². The number of aliphatic imine (C=N–C) groups is 1. The second-order valence-corrected chi connectivity index (χ2v) is 15.4. The summed E-state index contributed by atoms with van der Waals surface area (Å²) in [6.45, 7) is 5.50. The number of oxime groups is 1. The van der Waals surface area contributed by atoms with Crippen LogP contribution in [0.3, 0.4) is 0 Å². The highest BCUT2D eigenvalue weighted by Gasteiger charge is 2.54. The van der Waals surface area contributed by atoms with E-state index >= 15 is 0 Å². The molecule has 3 aliphatic rings. The molecule has 11 N–H and O–H groups in total. The van der Waals surface area contributed by atoms with Gasteiger partial charge < -0.3 is 57.7 Å². The number of hydrogen-bond donors (Lipinski definition) is 9. The highest BCUT2D eigenvalue weighted by molar-refractivity contribution is 8.02. The molecule has 3 aliphatic heterocycles. The van der Waals surface area contributed by atoms with Crippen molar-refractivity contribution in [2.75, 3.05) is 25.5 Å². The van der Waals surface area contributed by atoms with Crippen LogP contribution in [-0.4, -0.2) is 130 Å². The van der Waals surface area contributed by atoms with Crippen LogP contribution in [0.15, 0.2) is 65.9 Å². The van der Waals surface area contributed by atoms with Crippen LogP contribution in [0.25, 0.3) is 0 Å². The zero-order chi connectivity index (χ0) is 43.8. The van der Waals surface area contributed by atoms with Crippen molar-refractivity contribution in [3.8, 4) is 5.75 Å². The lowest BCUT2D eigenvalue weighted by molar-refractivity contribution is -0.161. The van der Waals surface area contributed by atoms with Crippen molar-refractivity contribution in [2.45, 2.75) is 64.0 Å². The number of pyridine rings is 1. The minimum absolute atomic E-state index is 0.000814. The van der Waals surface area contributed by atoms with Crippen molar-refractivity contribution >= 4 is 76.5 Å². The second-order valence-electron chi connectivity index (χ2n) is 13.4. The van der Waals surface area contributed by atoms with Crippen LogP contribution in [-0.2, 0) is 28.8 Å². The summed E-state index contributed by atoms with van der Waals surface area (Å²) in [6.07, 6.45) is 5.07. The average Bonchev–Trinajstić information content (AvgIpc) is 3.17. The number of β-lactam (4-membered cyclic amide) rings is 1. The first-order valence-electron chi connectivity index (χ1n) is 17.6. The molecule has 1 fully saturated rings. The van der Waals surface area contributed by atoms with Gasteiger partial charge in [-0.25, -0.2) is 19.0 Å². The Morgan fingerprint density at radius 2 is 1.92 bits per heavy atom. The molecular formula is C34H43N11O12S2. The third-order valence-electron chi connectivity index (χ3n) is 8.46. The molecule has 25 heteroatoms. The van der Waals surface area contributed by atoms with Crippen LogP contribution >= 0.6 is 23.7 Å². The predicted molar refractivity (Wildman–Crippen MR) is 214 cm³/mol. The summed E-state index contributed by atoms with van der Waals surface area (Å²) in [5, 5.41) is 49.6. The molecule has 23 nitrogen and oxygen atoms in total. The number of nitrogens with zero attached hydrogens (tertiary/aromatic N) is 6. The van der Waals surface area contributed by atoms with Crippen LogP contribution in [0.4, 0.5) is 0 Å². The summed E-state index contributed by atoms with van der Waals surface area (Å²) in [6, 6.07) is -0.482. The van der Waals surface area contributed by atoms with E-state index in [1.807, 2.05) is 6.92 Å². The van der Waals surface area contributed by atoms with Gasteiger partial charge in [0.15, 0.2) is 11.5 Å². The summed E-state index contributed by atoms with van der Waals surface area (Å²) < 4.78 is 4.47. The first kappa shape index (κ1) is 45.2. The fourth-order valence-corrected chi connectivity index (χ4v) is 7.08. The van der Waals surface area contributed by atoms with Gasteiger partial charge in [-0.05, 0) is 32.8 Å². The Morgan fingerprint density at radius 3 is 2.58 bits per heavy atom. The molecule has 4 rings (SSSR count). The summed E-state index contributed by atoms with van der Waals surface area (Å²) in [5.74, 6) is -6.66. The topological polar surface area (TPSA) is 346 Å². The Kier molecular flexibility index (Phi) is 14.8. The number of hydrogen-bond acceptors (Lipinski definition) is 18. The maximum Gasteiger partial charge on any atom is 0.352 e. The van der Waals surface area contributed by atoms with E-state index in [9.17, 15) is 54.1 Å². The Bertz CT molecular complexity index is 2160. The van der Waals surface area contributed by atoms with Crippen LogP contribution in [0.1, 0.15) is 57.4 Å². The lowest BCUT2D eigenvalue weighted by Crippen LogP contribution is -2.71. The number of nitrogens with two attached hydrogens (primary N) is 2. The van der Waals surface area contributed by atoms with Gasteiger partial charge in [0.05, 0.1) is 22.6 Å². The van der Waals surface area contributed by atoms with E-state index in [4.69, 9.17) is 16.3 Å². The minimum atomic E-state index is -1.84. The number of fused-ring (bicyclic) bond motifs is 1. The number of carboxylic acids is 2. The number of nitrogens with one attached hydrogen (secondary N) is 3. The lowest BCUT2D eigenvalue weighted by Gasteiger charge is -2.49. The number of carbonyl (C=O) groups is 6. The van der Waals surface area contributed by atoms with Gasteiger partial charge in [-0.2, -0.15) is 4.73 Å². The molecule has 1 aromatic rings. The van der Waals surface area contributed by atoms with Gasteiger partial charge >= 0.3 is 11.9 Å². The van der Waals surface area contributed by atoms with Crippen molar-refractivity contribution < 1.29 is 54.1 Å². The van der Waals surface area contributed by atoms with Crippen molar-refractivity contribution in [1.82, 2.24) is 30.5 Å². The average molecular weight is 862 g/mol. The molecule has 2 atom stereocenters. The Labute approximate surface area is 344 Å². The summed E-state index contributed by atoms with van der Waals surface area (Å²) in [5.41, 5.74) is 8.38. The number of rotatable bonds is 18. The molecule has 1 unspecified atom stereocenters. The fraction of sp³-hybridized carbons (Fsp3) is 0.412. The van der Waals surface area contributed by atoms with Gasteiger partial charge in [-0.1, -0.05) is 24.6 Å². The molecule has 318 valence electrons. The number of amides is 4. The minimum Gasteiger partial charge on any atom is -0.503 e. The molecule has 0 spiro atoms. The smallest absolute Gasteiger partial charge is 0.352 e. The number of carbonyl (C=O) groups excluding carboxylic acids is 4. The molecule has 1 aromatic heterocycles. The summed E-state index contributed by atoms with van der Waals surface area (Å²) in [7, 11) is 0. The fourth-order valence-electron chi connectivity index (χ4n) is 5.23. The molecule has 59 heavy (non-hydrogen) atoms. The van der Waals surface area contributed by atoms with Crippen molar-refractivity contribution in [3.63, 3.8) is 0 Å². The highest BCUT2D eigenvalue weighted by Crippen LogP contribution is 2.40. The Hall–Kier alpha value is -6.50. The molecule has 0 saturated carbocycles. The number of aromatic nitrogens is 1. The van der Waals surface area contributed by atoms with Gasteiger partial charge in [-0.3, -0.25) is 28.9 Å². The number of allylic oxidation sites excluding steroid dienone is 1. The SMILES string of the molecule is CCC/C=C(\N)SN=C(C)/C(=N/OC(C)(C)C(=O)O)C(=O)N[C@@H]1C(=O)N2C(C(=O)O)=C(CN3C=C(NC(=O)CCNC(=O)c4cc(=O)c(O)cn4O)C(N)=NC3)CSC12. The second kappa shape index (κ2) is 19.3. The van der Waals surface area contributed by atoms with Gasteiger partial charge in [0, 0.05) is 49.5 Å². The number of aromatic hydroxyl groups is 1. The van der Waals surface area contributed by atoms with Gasteiger partial charge in [-0.15, -0.1) is 11.8 Å². The van der Waals surface area contributed by atoms with E-state index in [1.54, 1.807) is 11.0 Å². The normalized spacial score (nSPS) is 18.6. The first-order valence-corrected chi connectivity index (χ1v) is 19.4. The van der Waals surface area contributed by atoms with Gasteiger partial charge in [0.1, 0.15) is 35.3 Å². The van der Waals surface area contributed by atoms with Crippen molar-refractivity contribution in [2.24, 2.45) is 26.0 Å². The zero-order valence-electron chi connectivity index (χ0n) is 32.1. The maximum atomic E-state index is 13.5. The molecule has 0 bridgehead atoms. The van der Waals surface area contributed by atoms with Crippen molar-refractivity contribution in [1.29, 1.82) is 0 Å². The molecule has 0 aromatic carbocycles. The quantitative estimate of drug-likeness (QED) is 0.0286. The molecule has 4 heterocycles. The van der Waals surface area contributed by atoms with Gasteiger partial charge in [0.25, 0.3) is 17.7 Å². The Morgan fingerprint density at radius 1 is 1.20 bits per heavy atom. The number of unbranched alkanes of at least 4 members (excludes halogenated alkanes) is 1. The van der Waals surface area contributed by atoms with E-state index in [1.165, 1.54) is 38.7 Å². The van der Waals surface area contributed by atoms with Crippen LogP contribution in [0.5, 0.6) is 5.75 Å². The molecule has 4 amide bonds. The largest absolute Gasteiger partial charge is 0.503 e. The summed E-state index contributed by atoms with van der Waals surface area (Å²) >= 11 is 2.03. The maximum absolute atomic E-state index is 13.5. The molecular weight excluding hydrogens is 819 g/mol. The molecule has 0 radical (unpaired) electrons. The highest BCUT2D eigenvalue weighted by atomic mass is 32.2. The van der Waals surface area contributed by atoms with E-state index < -0.39 is 75.2 Å². The number of thioether (sulfide) groups is 1. The van der Waals surface area contributed by atoms with Gasteiger partial charge in [0.2, 0.25) is 16.9 Å². The van der Waals surface area contributed by atoms with E-state index in [2.05, 4.69) is 30.5 Å². The summed E-state index contributed by atoms with van der Waals surface area (Å²) in [4.78, 5) is 99.9. The zero-order valence-corrected chi connectivity index (χ0v) is 33.8. The third kappa shape index (κ3) is 11.1. The lowest BCUT2D eigenvalue weighted by atomic mass is 10.0. The van der Waals surface area contributed by atoms with Crippen molar-refractivity contribution in [3.05, 3.63) is 62.5 Å². The molecule has 0 aliphatic carbocycles. The number of carboxylic acid groups (broad SMARTS) is 2. The number of amidine groups is 1. The van der Waals surface area contributed by atoms with Crippen LogP contribution in [0.2, 0.25) is 0 Å². The monoisotopic (exact) mass is 861 g/mol.